The largest absolute Gasteiger partial charge is 0.479 e. The molecule has 3 aromatic rings. The molecule has 2 unspecified atom stereocenters. The van der Waals surface area contributed by atoms with E-state index in [9.17, 15) is 29.4 Å². The van der Waals surface area contributed by atoms with Gasteiger partial charge in [0.15, 0.2) is 6.10 Å². The Kier molecular flexibility index (Phi) is 10.3. The zero-order valence-corrected chi connectivity index (χ0v) is 24.0. The van der Waals surface area contributed by atoms with Crippen LogP contribution in [0, 0.1) is 5.92 Å². The van der Waals surface area contributed by atoms with E-state index in [1.54, 1.807) is 74.5 Å². The molecule has 3 amide bonds. The van der Waals surface area contributed by atoms with Crippen molar-refractivity contribution in [3.05, 3.63) is 114 Å². The van der Waals surface area contributed by atoms with Gasteiger partial charge in [0.2, 0.25) is 5.91 Å². The highest BCUT2D eigenvalue weighted by Crippen LogP contribution is 2.30. The summed E-state index contributed by atoms with van der Waals surface area (Å²) >= 11 is 0. The Morgan fingerprint density at radius 2 is 1.44 bits per heavy atom. The molecule has 0 saturated heterocycles. The maximum absolute atomic E-state index is 14.0. The van der Waals surface area contributed by atoms with Crippen molar-refractivity contribution in [2.45, 2.75) is 45.1 Å². The number of carboxylic acids is 1. The first kappa shape index (κ1) is 31.0. The second kappa shape index (κ2) is 14.3. The van der Waals surface area contributed by atoms with E-state index in [0.29, 0.717) is 11.3 Å². The van der Waals surface area contributed by atoms with Gasteiger partial charge in [0.05, 0.1) is 11.7 Å². The highest BCUT2D eigenvalue weighted by molar-refractivity contribution is 5.99. The summed E-state index contributed by atoms with van der Waals surface area (Å²) in [6.45, 7) is 3.13. The van der Waals surface area contributed by atoms with Crippen molar-refractivity contribution in [2.24, 2.45) is 5.92 Å². The SMILES string of the molecule is CC(C)C1C(=O)N(CC(=O)N[C@@H](Cc2ccccc2)C(O)C(=O)O)C(c2ccccc2)=CN1C(=O)OCc1ccccc1. The van der Waals surface area contributed by atoms with E-state index >= 15 is 0 Å². The van der Waals surface area contributed by atoms with Gasteiger partial charge in [0.1, 0.15) is 19.2 Å². The number of carbonyl (C=O) groups excluding carboxylic acids is 3. The first-order valence-electron chi connectivity index (χ1n) is 14.0. The second-order valence-corrected chi connectivity index (χ2v) is 10.6. The number of nitrogens with zero attached hydrogens (tertiary/aromatic N) is 2. The molecule has 1 aliphatic heterocycles. The fourth-order valence-corrected chi connectivity index (χ4v) is 4.93. The Labute approximate surface area is 250 Å². The zero-order chi connectivity index (χ0) is 30.9. The summed E-state index contributed by atoms with van der Waals surface area (Å²) in [4.78, 5) is 54.9. The number of carboxylic acid groups (broad SMARTS) is 1. The Morgan fingerprint density at radius 3 is 2.00 bits per heavy atom. The van der Waals surface area contributed by atoms with Crippen LogP contribution in [0.5, 0.6) is 0 Å². The number of carbonyl (C=O) groups is 4. The molecule has 10 nitrogen and oxygen atoms in total. The summed E-state index contributed by atoms with van der Waals surface area (Å²) < 4.78 is 5.56. The quantitative estimate of drug-likeness (QED) is 0.312. The number of aliphatic hydroxyl groups excluding tert-OH is 1. The summed E-state index contributed by atoms with van der Waals surface area (Å²) in [5.41, 5.74) is 2.39. The molecule has 1 heterocycles. The predicted molar refractivity (Wildman–Crippen MR) is 159 cm³/mol. The Hall–Kier alpha value is -4.96. The summed E-state index contributed by atoms with van der Waals surface area (Å²) in [5, 5.41) is 22.4. The van der Waals surface area contributed by atoms with Gasteiger partial charge in [-0.15, -0.1) is 0 Å². The Bertz CT molecular complexity index is 1450. The lowest BCUT2D eigenvalue weighted by atomic mass is 9.97. The van der Waals surface area contributed by atoms with Gasteiger partial charge in [-0.05, 0) is 29.0 Å². The maximum atomic E-state index is 14.0. The van der Waals surface area contributed by atoms with Crippen LogP contribution in [-0.2, 0) is 32.1 Å². The van der Waals surface area contributed by atoms with E-state index in [0.717, 1.165) is 11.1 Å². The third kappa shape index (κ3) is 7.87. The number of rotatable bonds is 11. The topological polar surface area (TPSA) is 136 Å². The first-order valence-corrected chi connectivity index (χ1v) is 14.0. The number of ether oxygens (including phenoxy) is 1. The van der Waals surface area contributed by atoms with E-state index in [2.05, 4.69) is 5.32 Å². The summed E-state index contributed by atoms with van der Waals surface area (Å²) in [7, 11) is 0. The van der Waals surface area contributed by atoms with Crippen molar-refractivity contribution in [3.8, 4) is 0 Å². The van der Waals surface area contributed by atoms with Crippen molar-refractivity contribution in [1.82, 2.24) is 15.1 Å². The molecule has 224 valence electrons. The van der Waals surface area contributed by atoms with Crippen LogP contribution in [0.2, 0.25) is 0 Å². The molecule has 0 spiro atoms. The smallest absolute Gasteiger partial charge is 0.414 e. The lowest BCUT2D eigenvalue weighted by Crippen LogP contribution is -2.57. The van der Waals surface area contributed by atoms with E-state index in [4.69, 9.17) is 4.74 Å². The highest BCUT2D eigenvalue weighted by atomic mass is 16.6. The van der Waals surface area contributed by atoms with Crippen molar-refractivity contribution in [2.75, 3.05) is 6.54 Å². The van der Waals surface area contributed by atoms with Gasteiger partial charge >= 0.3 is 12.1 Å². The molecule has 0 bridgehead atoms. The third-order valence-corrected chi connectivity index (χ3v) is 7.07. The van der Waals surface area contributed by atoms with Crippen LogP contribution in [-0.4, -0.2) is 68.6 Å². The average Bonchev–Trinajstić information content (AvgIpc) is 3.01. The fourth-order valence-electron chi connectivity index (χ4n) is 4.93. The van der Waals surface area contributed by atoms with Gasteiger partial charge in [0.25, 0.3) is 5.91 Å². The zero-order valence-electron chi connectivity index (χ0n) is 24.0. The molecule has 0 fully saturated rings. The van der Waals surface area contributed by atoms with Crippen LogP contribution in [0.15, 0.2) is 97.2 Å². The molecule has 3 N–H and O–H groups in total. The second-order valence-electron chi connectivity index (χ2n) is 10.6. The van der Waals surface area contributed by atoms with Crippen molar-refractivity contribution < 1.29 is 34.1 Å². The third-order valence-electron chi connectivity index (χ3n) is 7.07. The number of hydrogen-bond donors (Lipinski definition) is 3. The summed E-state index contributed by atoms with van der Waals surface area (Å²) in [6.07, 6.45) is -1.01. The molecule has 3 aromatic carbocycles. The lowest BCUT2D eigenvalue weighted by Gasteiger charge is -2.40. The van der Waals surface area contributed by atoms with Gasteiger partial charge in [-0.25, -0.2) is 9.59 Å². The molecule has 0 saturated carbocycles. The molecular formula is C33H35N3O7. The minimum atomic E-state index is -1.87. The average molecular weight is 586 g/mol. The van der Waals surface area contributed by atoms with Crippen molar-refractivity contribution in [1.29, 1.82) is 0 Å². The van der Waals surface area contributed by atoms with E-state index < -0.39 is 48.6 Å². The Balaban J connectivity index is 1.62. The van der Waals surface area contributed by atoms with Gasteiger partial charge in [0, 0.05) is 6.20 Å². The minimum absolute atomic E-state index is 0.0184. The van der Waals surface area contributed by atoms with Crippen LogP contribution in [0.3, 0.4) is 0 Å². The van der Waals surface area contributed by atoms with Gasteiger partial charge in [-0.1, -0.05) is 105 Å². The van der Waals surface area contributed by atoms with Crippen molar-refractivity contribution in [3.63, 3.8) is 0 Å². The minimum Gasteiger partial charge on any atom is -0.479 e. The van der Waals surface area contributed by atoms with E-state index in [1.807, 2.05) is 30.3 Å². The molecule has 0 aromatic heterocycles. The van der Waals surface area contributed by atoms with Crippen LogP contribution in [0.1, 0.15) is 30.5 Å². The van der Waals surface area contributed by atoms with E-state index in [1.165, 1.54) is 16.0 Å². The predicted octanol–water partition coefficient (Wildman–Crippen LogP) is 3.66. The Morgan fingerprint density at radius 1 is 0.884 bits per heavy atom. The maximum Gasteiger partial charge on any atom is 0.414 e. The molecule has 0 aliphatic carbocycles. The number of amides is 3. The molecule has 3 atom stereocenters. The summed E-state index contributed by atoms with van der Waals surface area (Å²) in [5.74, 6) is -2.99. The van der Waals surface area contributed by atoms with Gasteiger partial charge in [-0.3, -0.25) is 19.4 Å². The number of aliphatic carboxylic acids is 1. The molecule has 10 heteroatoms. The number of nitrogens with one attached hydrogen (secondary N) is 1. The van der Waals surface area contributed by atoms with Crippen LogP contribution < -0.4 is 5.32 Å². The molecule has 4 rings (SSSR count). The molecular weight excluding hydrogens is 550 g/mol. The molecule has 43 heavy (non-hydrogen) atoms. The van der Waals surface area contributed by atoms with Crippen LogP contribution in [0.25, 0.3) is 5.70 Å². The molecule has 0 radical (unpaired) electrons. The van der Waals surface area contributed by atoms with Gasteiger partial charge in [-0.2, -0.15) is 0 Å². The lowest BCUT2D eigenvalue weighted by molar-refractivity contribution is -0.149. The normalized spacial score (nSPS) is 16.3. The first-order chi connectivity index (χ1) is 20.7. The van der Waals surface area contributed by atoms with Gasteiger partial charge < -0.3 is 20.3 Å². The molecule has 1 aliphatic rings. The fraction of sp³-hybridized carbons (Fsp3) is 0.273. The monoisotopic (exact) mass is 585 g/mol. The number of benzene rings is 3. The highest BCUT2D eigenvalue weighted by Gasteiger charge is 2.42. The van der Waals surface area contributed by atoms with Crippen molar-refractivity contribution >= 4 is 29.6 Å². The number of aliphatic hydroxyl groups is 1. The van der Waals surface area contributed by atoms with Crippen LogP contribution >= 0.6 is 0 Å². The van der Waals surface area contributed by atoms with Crippen LogP contribution in [0.4, 0.5) is 4.79 Å². The summed E-state index contributed by atoms with van der Waals surface area (Å²) in [6, 6.07) is 24.8. The standard InChI is InChI=1S/C33H35N3O7/c1-22(2)29-31(39)35(20-28(37)34-26(30(38)32(40)41)18-23-12-6-3-7-13-23)27(25-16-10-5-11-17-25)19-36(29)33(42)43-21-24-14-8-4-9-15-24/h3-17,19,22,26,29-30,38H,18,20-21H2,1-2H3,(H,34,37)(H,40,41)/t26-,29?,30?/m0/s1. The van der Waals surface area contributed by atoms with E-state index in [-0.39, 0.29) is 18.9 Å². The number of hydrogen-bond acceptors (Lipinski definition) is 6.